The van der Waals surface area contributed by atoms with Gasteiger partial charge in [-0.05, 0) is 31.1 Å². The Bertz CT molecular complexity index is 538. The molecule has 0 radical (unpaired) electrons. The van der Waals surface area contributed by atoms with Gasteiger partial charge in [0.2, 0.25) is 10.1 Å². The molecule has 3 fully saturated rings. The van der Waals surface area contributed by atoms with Crippen LogP contribution in [-0.4, -0.2) is 47.3 Å². The summed E-state index contributed by atoms with van der Waals surface area (Å²) in [5, 5.41) is 6.56. The molecule has 3 atom stereocenters. The Morgan fingerprint density at radius 2 is 1.77 bits per heavy atom. The standard InChI is InChI=1S/C14H19F3N4S/c15-14(16,17)12-18-19-13(22-12)21-5-3-20(4-6-21)11-8-9-1-2-10(11)7-9/h9-11H,1-8H2. The van der Waals surface area contributed by atoms with Crippen molar-refractivity contribution in [1.29, 1.82) is 0 Å². The van der Waals surface area contributed by atoms with Gasteiger partial charge in [-0.2, -0.15) is 13.2 Å². The molecule has 8 heteroatoms. The van der Waals surface area contributed by atoms with E-state index < -0.39 is 11.2 Å². The fraction of sp³-hybridized carbons (Fsp3) is 0.857. The topological polar surface area (TPSA) is 32.3 Å². The van der Waals surface area contributed by atoms with Gasteiger partial charge >= 0.3 is 6.18 Å². The fourth-order valence-corrected chi connectivity index (χ4v) is 5.12. The SMILES string of the molecule is FC(F)(F)c1nnc(N2CCN(C3CC4CCC3C4)CC2)s1. The maximum atomic E-state index is 12.6. The molecule has 3 aliphatic rings. The maximum absolute atomic E-state index is 12.6. The summed E-state index contributed by atoms with van der Waals surface area (Å²) in [7, 11) is 0. The lowest BCUT2D eigenvalue weighted by Crippen LogP contribution is -2.51. The fourth-order valence-electron chi connectivity index (χ4n) is 4.36. The number of hydrogen-bond acceptors (Lipinski definition) is 5. The summed E-state index contributed by atoms with van der Waals surface area (Å²) in [6.45, 7) is 3.35. The number of nitrogens with zero attached hydrogens (tertiary/aromatic N) is 4. The van der Waals surface area contributed by atoms with Crippen LogP contribution in [0.5, 0.6) is 0 Å². The third-order valence-electron chi connectivity index (χ3n) is 5.41. The first-order chi connectivity index (χ1) is 10.5. The second-order valence-electron chi connectivity index (χ2n) is 6.65. The Morgan fingerprint density at radius 3 is 2.32 bits per heavy atom. The molecule has 4 nitrogen and oxygen atoms in total. The van der Waals surface area contributed by atoms with Crippen LogP contribution >= 0.6 is 11.3 Å². The van der Waals surface area contributed by atoms with Crippen molar-refractivity contribution in [2.24, 2.45) is 11.8 Å². The van der Waals surface area contributed by atoms with Crippen molar-refractivity contribution in [3.05, 3.63) is 5.01 Å². The zero-order chi connectivity index (χ0) is 15.3. The molecular weight excluding hydrogens is 313 g/mol. The summed E-state index contributed by atoms with van der Waals surface area (Å²) < 4.78 is 37.8. The summed E-state index contributed by atoms with van der Waals surface area (Å²) in [5.41, 5.74) is 0. The molecule has 0 aromatic carbocycles. The molecule has 2 heterocycles. The van der Waals surface area contributed by atoms with E-state index in [2.05, 4.69) is 15.1 Å². The molecule has 2 aliphatic carbocycles. The number of fused-ring (bicyclic) bond motifs is 2. The Labute approximate surface area is 131 Å². The van der Waals surface area contributed by atoms with Crippen molar-refractivity contribution >= 4 is 16.5 Å². The van der Waals surface area contributed by atoms with Gasteiger partial charge in [0.25, 0.3) is 0 Å². The van der Waals surface area contributed by atoms with Gasteiger partial charge in [0.05, 0.1) is 0 Å². The van der Waals surface area contributed by atoms with Crippen LogP contribution in [-0.2, 0) is 6.18 Å². The largest absolute Gasteiger partial charge is 0.445 e. The Hall–Kier alpha value is -0.890. The highest BCUT2D eigenvalue weighted by atomic mass is 32.1. The van der Waals surface area contributed by atoms with E-state index in [1.807, 2.05) is 4.90 Å². The summed E-state index contributed by atoms with van der Waals surface area (Å²) in [6.07, 6.45) is 1.08. The van der Waals surface area contributed by atoms with Crippen LogP contribution in [0.4, 0.5) is 18.3 Å². The summed E-state index contributed by atoms with van der Waals surface area (Å²) in [4.78, 5) is 4.49. The van der Waals surface area contributed by atoms with Gasteiger partial charge in [0.15, 0.2) is 0 Å². The van der Waals surface area contributed by atoms with E-state index in [-0.39, 0.29) is 0 Å². The lowest BCUT2D eigenvalue weighted by molar-refractivity contribution is -0.138. The molecule has 1 saturated heterocycles. The summed E-state index contributed by atoms with van der Waals surface area (Å²) in [5.74, 6) is 1.78. The highest BCUT2D eigenvalue weighted by molar-refractivity contribution is 7.15. The van der Waals surface area contributed by atoms with E-state index in [0.29, 0.717) is 22.5 Å². The average Bonchev–Trinajstić information content (AvgIpc) is 3.22. The third kappa shape index (κ3) is 2.60. The van der Waals surface area contributed by atoms with Crippen LogP contribution in [0.1, 0.15) is 30.7 Å². The van der Waals surface area contributed by atoms with Gasteiger partial charge in [-0.1, -0.05) is 17.8 Å². The summed E-state index contributed by atoms with van der Waals surface area (Å²) >= 11 is 0.652. The van der Waals surface area contributed by atoms with E-state index in [9.17, 15) is 13.2 Å². The van der Waals surface area contributed by atoms with Crippen LogP contribution < -0.4 is 4.90 Å². The van der Waals surface area contributed by atoms with Gasteiger partial charge in [-0.15, -0.1) is 10.2 Å². The van der Waals surface area contributed by atoms with Crippen molar-refractivity contribution in [2.45, 2.75) is 37.9 Å². The number of alkyl halides is 3. The molecule has 2 saturated carbocycles. The van der Waals surface area contributed by atoms with Crippen LogP contribution in [0.15, 0.2) is 0 Å². The highest BCUT2D eigenvalue weighted by Gasteiger charge is 2.43. The van der Waals surface area contributed by atoms with Crippen molar-refractivity contribution in [2.75, 3.05) is 31.1 Å². The molecule has 1 aromatic rings. The van der Waals surface area contributed by atoms with Crippen molar-refractivity contribution in [3.8, 4) is 0 Å². The molecule has 1 aliphatic heterocycles. The number of anilines is 1. The number of halogens is 3. The molecule has 2 bridgehead atoms. The average molecular weight is 332 g/mol. The first kappa shape index (κ1) is 14.7. The normalized spacial score (nSPS) is 32.9. The predicted octanol–water partition coefficient (Wildman–Crippen LogP) is 2.87. The van der Waals surface area contributed by atoms with Gasteiger partial charge in [-0.25, -0.2) is 0 Å². The number of aromatic nitrogens is 2. The minimum absolute atomic E-state index is 0.403. The van der Waals surface area contributed by atoms with E-state index in [4.69, 9.17) is 0 Å². The monoisotopic (exact) mass is 332 g/mol. The zero-order valence-electron chi connectivity index (χ0n) is 12.2. The van der Waals surface area contributed by atoms with Crippen LogP contribution in [0.2, 0.25) is 0 Å². The van der Waals surface area contributed by atoms with Crippen molar-refractivity contribution in [1.82, 2.24) is 15.1 Å². The molecule has 1 aromatic heterocycles. The Kier molecular flexibility index (Phi) is 3.56. The van der Waals surface area contributed by atoms with Gasteiger partial charge < -0.3 is 4.90 Å². The van der Waals surface area contributed by atoms with E-state index in [1.54, 1.807) is 0 Å². The lowest BCUT2D eigenvalue weighted by Gasteiger charge is -2.40. The quantitative estimate of drug-likeness (QED) is 0.834. The van der Waals surface area contributed by atoms with Crippen LogP contribution in [0.25, 0.3) is 0 Å². The molecule has 122 valence electrons. The number of hydrogen-bond donors (Lipinski definition) is 0. The van der Waals surface area contributed by atoms with Gasteiger partial charge in [0.1, 0.15) is 0 Å². The second kappa shape index (κ2) is 5.33. The van der Waals surface area contributed by atoms with Crippen molar-refractivity contribution in [3.63, 3.8) is 0 Å². The Balaban J connectivity index is 1.37. The molecule has 0 N–H and O–H groups in total. The minimum atomic E-state index is -4.39. The van der Waals surface area contributed by atoms with Crippen LogP contribution in [0.3, 0.4) is 0 Å². The third-order valence-corrected chi connectivity index (χ3v) is 6.44. The molecule has 3 unspecified atom stereocenters. The zero-order valence-corrected chi connectivity index (χ0v) is 13.0. The number of rotatable bonds is 2. The maximum Gasteiger partial charge on any atom is 0.445 e. The van der Waals surface area contributed by atoms with E-state index in [0.717, 1.165) is 38.0 Å². The minimum Gasteiger partial charge on any atom is -0.344 e. The molecule has 4 rings (SSSR count). The molecule has 0 amide bonds. The molecule has 0 spiro atoms. The van der Waals surface area contributed by atoms with Gasteiger partial charge in [0, 0.05) is 32.2 Å². The smallest absolute Gasteiger partial charge is 0.344 e. The van der Waals surface area contributed by atoms with Gasteiger partial charge in [-0.3, -0.25) is 4.90 Å². The first-order valence-electron chi connectivity index (χ1n) is 7.90. The molecule has 22 heavy (non-hydrogen) atoms. The lowest BCUT2D eigenvalue weighted by atomic mass is 9.93. The first-order valence-corrected chi connectivity index (χ1v) is 8.72. The predicted molar refractivity (Wildman–Crippen MR) is 77.9 cm³/mol. The summed E-state index contributed by atoms with van der Waals surface area (Å²) in [6, 6.07) is 0.709. The van der Waals surface area contributed by atoms with Crippen molar-refractivity contribution < 1.29 is 13.2 Å². The highest BCUT2D eigenvalue weighted by Crippen LogP contribution is 2.46. The van der Waals surface area contributed by atoms with E-state index >= 15 is 0 Å². The second-order valence-corrected chi connectivity index (χ2v) is 7.61. The van der Waals surface area contributed by atoms with E-state index in [1.165, 1.54) is 25.7 Å². The molecular formula is C14H19F3N4S. The van der Waals surface area contributed by atoms with Crippen LogP contribution in [0, 0.1) is 11.8 Å². The Morgan fingerprint density at radius 1 is 1.00 bits per heavy atom. The number of piperazine rings is 1.